The van der Waals surface area contributed by atoms with Crippen molar-refractivity contribution in [1.29, 1.82) is 0 Å². The monoisotopic (exact) mass is 281 g/mol. The molecule has 118 valence electrons. The molecule has 1 aliphatic heterocycles. The molecule has 2 fully saturated rings. The van der Waals surface area contributed by atoms with Crippen molar-refractivity contribution < 1.29 is 0 Å². The fourth-order valence-corrected chi connectivity index (χ4v) is 4.81. The molecule has 20 heavy (non-hydrogen) atoms. The van der Waals surface area contributed by atoms with Crippen LogP contribution < -0.4 is 5.73 Å². The third-order valence-electron chi connectivity index (χ3n) is 6.36. The Hall–Kier alpha value is -0.120. The van der Waals surface area contributed by atoms with E-state index < -0.39 is 0 Å². The summed E-state index contributed by atoms with van der Waals surface area (Å²) in [6.45, 7) is 11.6. The lowest BCUT2D eigenvalue weighted by molar-refractivity contribution is -0.0379. The largest absolute Gasteiger partial charge is 0.329 e. The van der Waals surface area contributed by atoms with Gasteiger partial charge in [0.2, 0.25) is 0 Å². The number of nitrogens with two attached hydrogens (primary N) is 1. The molecule has 0 bridgehead atoms. The van der Waals surface area contributed by atoms with E-state index in [4.69, 9.17) is 5.73 Å². The second-order valence-corrected chi connectivity index (χ2v) is 7.63. The highest BCUT2D eigenvalue weighted by Gasteiger charge is 2.48. The van der Waals surface area contributed by atoms with Gasteiger partial charge in [-0.2, -0.15) is 0 Å². The van der Waals surface area contributed by atoms with Crippen molar-refractivity contribution in [3.05, 3.63) is 0 Å². The predicted molar refractivity (Wildman–Crippen MR) is 86.9 cm³/mol. The number of nitrogens with zero attached hydrogens (tertiary/aromatic N) is 2. The molecule has 2 unspecified atom stereocenters. The van der Waals surface area contributed by atoms with Crippen LogP contribution in [0.3, 0.4) is 0 Å². The molecule has 1 aliphatic carbocycles. The van der Waals surface area contributed by atoms with Gasteiger partial charge in [-0.1, -0.05) is 33.6 Å². The Labute approximate surface area is 125 Å². The summed E-state index contributed by atoms with van der Waals surface area (Å²) in [6, 6.07) is 0.742. The van der Waals surface area contributed by atoms with E-state index in [0.29, 0.717) is 5.41 Å². The van der Waals surface area contributed by atoms with Crippen LogP contribution in [0.1, 0.15) is 59.3 Å². The van der Waals surface area contributed by atoms with E-state index in [1.165, 1.54) is 58.2 Å². The summed E-state index contributed by atoms with van der Waals surface area (Å²) in [5, 5.41) is 0. The van der Waals surface area contributed by atoms with Gasteiger partial charge >= 0.3 is 0 Å². The SMILES string of the molecule is CCN1CCCC1CN(C)C1(CN)CCCCC1(C)C. The Morgan fingerprint density at radius 3 is 2.50 bits per heavy atom. The highest BCUT2D eigenvalue weighted by atomic mass is 15.3. The summed E-state index contributed by atoms with van der Waals surface area (Å²) in [5.41, 5.74) is 6.84. The maximum Gasteiger partial charge on any atom is 0.0380 e. The minimum Gasteiger partial charge on any atom is -0.329 e. The van der Waals surface area contributed by atoms with Gasteiger partial charge in [0.1, 0.15) is 0 Å². The molecule has 0 radical (unpaired) electrons. The molecular formula is C17H35N3. The Kier molecular flexibility index (Phi) is 5.14. The second-order valence-electron chi connectivity index (χ2n) is 7.63. The topological polar surface area (TPSA) is 32.5 Å². The molecule has 0 amide bonds. The Morgan fingerprint density at radius 1 is 1.20 bits per heavy atom. The molecule has 2 atom stereocenters. The van der Waals surface area contributed by atoms with Crippen LogP contribution in [-0.2, 0) is 0 Å². The van der Waals surface area contributed by atoms with Gasteiger partial charge in [-0.25, -0.2) is 0 Å². The lowest BCUT2D eigenvalue weighted by atomic mass is 9.62. The van der Waals surface area contributed by atoms with Crippen LogP contribution in [0.25, 0.3) is 0 Å². The molecule has 1 heterocycles. The zero-order valence-electron chi connectivity index (χ0n) is 14.1. The van der Waals surface area contributed by atoms with Crippen LogP contribution in [-0.4, -0.2) is 54.6 Å². The lowest BCUT2D eigenvalue weighted by Crippen LogP contribution is -2.64. The summed E-state index contributed by atoms with van der Waals surface area (Å²) in [5.74, 6) is 0. The second kappa shape index (κ2) is 6.33. The van der Waals surface area contributed by atoms with Crippen LogP contribution >= 0.6 is 0 Å². The van der Waals surface area contributed by atoms with E-state index in [1.54, 1.807) is 0 Å². The van der Waals surface area contributed by atoms with Gasteiger partial charge < -0.3 is 5.73 Å². The van der Waals surface area contributed by atoms with Crippen molar-refractivity contribution in [2.45, 2.75) is 70.9 Å². The molecule has 2 rings (SSSR count). The standard InChI is InChI=1S/C17H35N3/c1-5-20-12-8-9-15(20)13-19(4)17(14-18)11-7-6-10-16(17,2)3/h15H,5-14,18H2,1-4H3. The van der Waals surface area contributed by atoms with Gasteiger partial charge in [0, 0.05) is 24.7 Å². The molecule has 3 heteroatoms. The maximum absolute atomic E-state index is 6.30. The fourth-order valence-electron chi connectivity index (χ4n) is 4.81. The minimum atomic E-state index is 0.202. The third-order valence-corrected chi connectivity index (χ3v) is 6.36. The van der Waals surface area contributed by atoms with Gasteiger partial charge in [0.05, 0.1) is 0 Å². The smallest absolute Gasteiger partial charge is 0.0380 e. The van der Waals surface area contributed by atoms with Crippen LogP contribution in [0.2, 0.25) is 0 Å². The quantitative estimate of drug-likeness (QED) is 0.841. The van der Waals surface area contributed by atoms with Gasteiger partial charge in [-0.15, -0.1) is 0 Å². The molecule has 0 aromatic heterocycles. The minimum absolute atomic E-state index is 0.202. The molecule has 1 saturated heterocycles. The van der Waals surface area contributed by atoms with Gasteiger partial charge in [0.25, 0.3) is 0 Å². The summed E-state index contributed by atoms with van der Waals surface area (Å²) in [6.07, 6.45) is 8.02. The van der Waals surface area contributed by atoms with E-state index in [2.05, 4.69) is 37.6 Å². The van der Waals surface area contributed by atoms with Crippen molar-refractivity contribution in [1.82, 2.24) is 9.80 Å². The molecule has 2 aliphatic rings. The molecule has 0 aromatic carbocycles. The first kappa shape index (κ1) is 16.3. The van der Waals surface area contributed by atoms with Gasteiger partial charge in [-0.3, -0.25) is 9.80 Å². The van der Waals surface area contributed by atoms with Crippen LogP contribution in [0.4, 0.5) is 0 Å². The molecule has 1 saturated carbocycles. The number of hydrogen-bond donors (Lipinski definition) is 1. The van der Waals surface area contributed by atoms with Crippen molar-refractivity contribution >= 4 is 0 Å². The number of rotatable bonds is 5. The first-order chi connectivity index (χ1) is 9.47. The van der Waals surface area contributed by atoms with E-state index >= 15 is 0 Å². The van der Waals surface area contributed by atoms with Crippen molar-refractivity contribution in [3.63, 3.8) is 0 Å². The average Bonchev–Trinajstić information content (AvgIpc) is 2.85. The van der Waals surface area contributed by atoms with E-state index in [1.807, 2.05) is 0 Å². The summed E-state index contributed by atoms with van der Waals surface area (Å²) in [7, 11) is 2.33. The summed E-state index contributed by atoms with van der Waals surface area (Å²) >= 11 is 0. The molecule has 3 nitrogen and oxygen atoms in total. The van der Waals surface area contributed by atoms with Crippen molar-refractivity contribution in [2.24, 2.45) is 11.1 Å². The number of likely N-dealkylation sites (N-methyl/N-ethyl adjacent to an activating group) is 2. The van der Waals surface area contributed by atoms with Gasteiger partial charge in [0.15, 0.2) is 0 Å². The zero-order chi connectivity index (χ0) is 14.8. The lowest BCUT2D eigenvalue weighted by Gasteiger charge is -2.55. The van der Waals surface area contributed by atoms with Crippen LogP contribution in [0, 0.1) is 5.41 Å². The highest BCUT2D eigenvalue weighted by Crippen LogP contribution is 2.46. The van der Waals surface area contributed by atoms with Crippen molar-refractivity contribution in [3.8, 4) is 0 Å². The average molecular weight is 281 g/mol. The Morgan fingerprint density at radius 2 is 1.90 bits per heavy atom. The normalized spacial score (nSPS) is 34.8. The van der Waals surface area contributed by atoms with E-state index in [0.717, 1.165) is 12.6 Å². The molecule has 2 N–H and O–H groups in total. The fraction of sp³-hybridized carbons (Fsp3) is 1.00. The highest BCUT2D eigenvalue weighted by molar-refractivity contribution is 5.05. The number of hydrogen-bond acceptors (Lipinski definition) is 3. The predicted octanol–water partition coefficient (Wildman–Crippen LogP) is 2.70. The van der Waals surface area contributed by atoms with Crippen molar-refractivity contribution in [2.75, 3.05) is 33.2 Å². The summed E-state index contributed by atoms with van der Waals surface area (Å²) < 4.78 is 0. The van der Waals surface area contributed by atoms with Crippen LogP contribution in [0.5, 0.6) is 0 Å². The molecular weight excluding hydrogens is 246 g/mol. The molecule has 0 aromatic rings. The van der Waals surface area contributed by atoms with Gasteiger partial charge in [-0.05, 0) is 51.2 Å². The Balaban J connectivity index is 2.10. The molecule has 0 spiro atoms. The third kappa shape index (κ3) is 2.77. The summed E-state index contributed by atoms with van der Waals surface area (Å²) in [4.78, 5) is 5.28. The number of likely N-dealkylation sites (tertiary alicyclic amines) is 1. The van der Waals surface area contributed by atoms with E-state index in [9.17, 15) is 0 Å². The first-order valence-electron chi connectivity index (χ1n) is 8.62. The first-order valence-corrected chi connectivity index (χ1v) is 8.62. The zero-order valence-corrected chi connectivity index (χ0v) is 14.1. The van der Waals surface area contributed by atoms with E-state index in [-0.39, 0.29) is 5.54 Å². The maximum atomic E-state index is 6.30. The van der Waals surface area contributed by atoms with Crippen LogP contribution in [0.15, 0.2) is 0 Å². The Bertz CT molecular complexity index is 315.